The van der Waals surface area contributed by atoms with Crippen molar-refractivity contribution in [3.05, 3.63) is 60.1 Å². The molecule has 0 radical (unpaired) electrons. The molecule has 0 saturated carbocycles. The summed E-state index contributed by atoms with van der Waals surface area (Å²) in [6, 6.07) is 10.8. The van der Waals surface area contributed by atoms with E-state index < -0.39 is 6.10 Å². The molecule has 5 nitrogen and oxygen atoms in total. The summed E-state index contributed by atoms with van der Waals surface area (Å²) in [5.74, 6) is 1.01. The van der Waals surface area contributed by atoms with Gasteiger partial charge < -0.3 is 19.6 Å². The Kier molecular flexibility index (Phi) is 6.21. The van der Waals surface area contributed by atoms with E-state index in [1.807, 2.05) is 38.1 Å². The van der Waals surface area contributed by atoms with Crippen molar-refractivity contribution >= 4 is 11.5 Å². The number of para-hydroxylation sites is 1. The number of allylic oxidation sites excluding steroid dienone is 1. The van der Waals surface area contributed by atoms with Gasteiger partial charge in [-0.3, -0.25) is 4.79 Å². The number of furan rings is 1. The number of aliphatic hydroxyl groups is 1. The maximum atomic E-state index is 12.2. The van der Waals surface area contributed by atoms with Gasteiger partial charge in [0.25, 0.3) is 0 Å². The lowest BCUT2D eigenvalue weighted by Crippen LogP contribution is -2.32. The van der Waals surface area contributed by atoms with Crippen LogP contribution in [0.5, 0.6) is 5.75 Å². The predicted octanol–water partition coefficient (Wildman–Crippen LogP) is 3.32. The number of benzene rings is 1. The first kappa shape index (κ1) is 17.8. The fraction of sp³-hybridized carbons (Fsp3) is 0.316. The van der Waals surface area contributed by atoms with Gasteiger partial charge in [0, 0.05) is 24.1 Å². The number of carbonyl (C=O) groups excluding carboxylic acids is 1. The molecular formula is C19H23NO4. The summed E-state index contributed by atoms with van der Waals surface area (Å²) in [5.41, 5.74) is 1.68. The molecule has 0 aliphatic carbocycles. The van der Waals surface area contributed by atoms with Crippen LogP contribution in [0.3, 0.4) is 0 Å². The number of amides is 1. The van der Waals surface area contributed by atoms with E-state index in [1.54, 1.807) is 19.2 Å². The average molecular weight is 329 g/mol. The molecule has 0 saturated heterocycles. The van der Waals surface area contributed by atoms with Crippen LogP contribution in [0.25, 0.3) is 5.57 Å². The van der Waals surface area contributed by atoms with Crippen molar-refractivity contribution < 1.29 is 19.1 Å². The lowest BCUT2D eigenvalue weighted by Gasteiger charge is -2.16. The Bertz CT molecular complexity index is 691. The van der Waals surface area contributed by atoms with Gasteiger partial charge in [-0.05, 0) is 37.6 Å². The Morgan fingerprint density at radius 1 is 1.33 bits per heavy atom. The Hall–Kier alpha value is -2.53. The summed E-state index contributed by atoms with van der Waals surface area (Å²) in [7, 11) is 1.60. The molecule has 1 heterocycles. The molecule has 1 aromatic heterocycles. The second kappa shape index (κ2) is 8.36. The lowest BCUT2D eigenvalue weighted by molar-refractivity contribution is -0.117. The van der Waals surface area contributed by atoms with E-state index in [2.05, 4.69) is 5.32 Å². The van der Waals surface area contributed by atoms with Gasteiger partial charge in [0.15, 0.2) is 0 Å². The van der Waals surface area contributed by atoms with Gasteiger partial charge >= 0.3 is 0 Å². The molecule has 0 bridgehead atoms. The molecule has 0 fully saturated rings. The first-order chi connectivity index (χ1) is 11.5. The van der Waals surface area contributed by atoms with E-state index in [0.717, 1.165) is 16.9 Å². The summed E-state index contributed by atoms with van der Waals surface area (Å²) in [4.78, 5) is 12.2. The zero-order valence-electron chi connectivity index (χ0n) is 14.2. The molecule has 24 heavy (non-hydrogen) atoms. The van der Waals surface area contributed by atoms with E-state index in [0.29, 0.717) is 12.2 Å². The first-order valence-corrected chi connectivity index (χ1v) is 7.85. The predicted molar refractivity (Wildman–Crippen MR) is 92.5 cm³/mol. The van der Waals surface area contributed by atoms with Crippen molar-refractivity contribution in [1.82, 2.24) is 5.32 Å². The van der Waals surface area contributed by atoms with E-state index in [-0.39, 0.29) is 11.9 Å². The van der Waals surface area contributed by atoms with Gasteiger partial charge in [-0.2, -0.15) is 0 Å². The highest BCUT2D eigenvalue weighted by Gasteiger charge is 2.16. The number of hydrogen-bond donors (Lipinski definition) is 2. The van der Waals surface area contributed by atoms with Crippen molar-refractivity contribution in [3.63, 3.8) is 0 Å². The molecule has 2 N–H and O–H groups in total. The van der Waals surface area contributed by atoms with Crippen molar-refractivity contribution in [3.8, 4) is 5.75 Å². The zero-order chi connectivity index (χ0) is 17.5. The standard InChI is InChI=1S/C19H23NO4/c1-13(15-7-4-5-8-17(15)23-3)11-19(22)20-14(2)12-16(21)18-9-6-10-24-18/h4-11,14,16,21H,12H2,1-3H3,(H,20,22). The third-order valence-electron chi connectivity index (χ3n) is 3.72. The minimum atomic E-state index is -0.741. The van der Waals surface area contributed by atoms with Crippen LogP contribution in [0.1, 0.15) is 37.7 Å². The fourth-order valence-electron chi connectivity index (χ4n) is 2.52. The maximum absolute atomic E-state index is 12.2. The van der Waals surface area contributed by atoms with Gasteiger partial charge in [0.2, 0.25) is 5.91 Å². The van der Waals surface area contributed by atoms with Crippen LogP contribution in [-0.2, 0) is 4.79 Å². The van der Waals surface area contributed by atoms with Crippen molar-refractivity contribution in [2.75, 3.05) is 7.11 Å². The SMILES string of the molecule is COc1ccccc1C(C)=CC(=O)NC(C)CC(O)c1ccco1. The van der Waals surface area contributed by atoms with Gasteiger partial charge in [0.1, 0.15) is 17.6 Å². The highest BCUT2D eigenvalue weighted by Crippen LogP contribution is 2.25. The first-order valence-electron chi connectivity index (χ1n) is 7.85. The summed E-state index contributed by atoms with van der Waals surface area (Å²) < 4.78 is 10.5. The third-order valence-corrected chi connectivity index (χ3v) is 3.72. The molecule has 5 heteroatoms. The Morgan fingerprint density at radius 3 is 2.75 bits per heavy atom. The molecule has 2 atom stereocenters. The number of rotatable bonds is 7. The number of aliphatic hydroxyl groups excluding tert-OH is 1. The second-order valence-electron chi connectivity index (χ2n) is 5.70. The van der Waals surface area contributed by atoms with E-state index in [4.69, 9.17) is 9.15 Å². The normalized spacial score (nSPS) is 14.1. The fourth-order valence-corrected chi connectivity index (χ4v) is 2.52. The monoisotopic (exact) mass is 329 g/mol. The second-order valence-corrected chi connectivity index (χ2v) is 5.70. The van der Waals surface area contributed by atoms with Gasteiger partial charge in [-0.1, -0.05) is 18.2 Å². The van der Waals surface area contributed by atoms with Gasteiger partial charge in [-0.15, -0.1) is 0 Å². The molecular weight excluding hydrogens is 306 g/mol. The number of nitrogens with one attached hydrogen (secondary N) is 1. The minimum absolute atomic E-state index is 0.195. The number of methoxy groups -OCH3 is 1. The van der Waals surface area contributed by atoms with Crippen LogP contribution in [0, 0.1) is 0 Å². The van der Waals surface area contributed by atoms with Crippen LogP contribution in [0.15, 0.2) is 53.2 Å². The van der Waals surface area contributed by atoms with Crippen molar-refractivity contribution in [2.24, 2.45) is 0 Å². The van der Waals surface area contributed by atoms with Crippen LogP contribution < -0.4 is 10.1 Å². The van der Waals surface area contributed by atoms with E-state index >= 15 is 0 Å². The smallest absolute Gasteiger partial charge is 0.244 e. The summed E-state index contributed by atoms with van der Waals surface area (Å²) in [6.45, 7) is 3.70. The van der Waals surface area contributed by atoms with Crippen LogP contribution in [0.4, 0.5) is 0 Å². The lowest BCUT2D eigenvalue weighted by atomic mass is 10.1. The average Bonchev–Trinajstić information content (AvgIpc) is 3.08. The molecule has 2 rings (SSSR count). The van der Waals surface area contributed by atoms with Crippen molar-refractivity contribution in [1.29, 1.82) is 0 Å². The van der Waals surface area contributed by atoms with E-state index in [9.17, 15) is 9.90 Å². The number of hydrogen-bond acceptors (Lipinski definition) is 4. The maximum Gasteiger partial charge on any atom is 0.244 e. The quantitative estimate of drug-likeness (QED) is 0.764. The van der Waals surface area contributed by atoms with Crippen LogP contribution in [-0.4, -0.2) is 24.2 Å². The van der Waals surface area contributed by atoms with E-state index in [1.165, 1.54) is 12.3 Å². The summed E-state index contributed by atoms with van der Waals surface area (Å²) in [6.07, 6.45) is 2.69. The summed E-state index contributed by atoms with van der Waals surface area (Å²) in [5, 5.41) is 12.9. The summed E-state index contributed by atoms with van der Waals surface area (Å²) >= 11 is 0. The molecule has 1 aromatic carbocycles. The number of carbonyl (C=O) groups is 1. The van der Waals surface area contributed by atoms with Crippen LogP contribution >= 0.6 is 0 Å². The molecule has 128 valence electrons. The topological polar surface area (TPSA) is 71.7 Å². The highest BCUT2D eigenvalue weighted by molar-refractivity contribution is 5.95. The highest BCUT2D eigenvalue weighted by atomic mass is 16.5. The molecule has 0 aliphatic rings. The molecule has 2 unspecified atom stereocenters. The van der Waals surface area contributed by atoms with Crippen molar-refractivity contribution in [2.45, 2.75) is 32.4 Å². The largest absolute Gasteiger partial charge is 0.496 e. The molecule has 0 spiro atoms. The molecule has 2 aromatic rings. The minimum Gasteiger partial charge on any atom is -0.496 e. The third kappa shape index (κ3) is 4.73. The number of ether oxygens (including phenoxy) is 1. The Morgan fingerprint density at radius 2 is 2.08 bits per heavy atom. The Labute approximate surface area is 141 Å². The van der Waals surface area contributed by atoms with Gasteiger partial charge in [-0.25, -0.2) is 0 Å². The van der Waals surface area contributed by atoms with Crippen LogP contribution in [0.2, 0.25) is 0 Å². The molecule has 1 amide bonds. The van der Waals surface area contributed by atoms with Gasteiger partial charge in [0.05, 0.1) is 13.4 Å². The molecule has 0 aliphatic heterocycles. The zero-order valence-corrected chi connectivity index (χ0v) is 14.2. The Balaban J connectivity index is 1.96.